The first-order chi connectivity index (χ1) is 9.11. The second kappa shape index (κ2) is 5.55. The Balaban J connectivity index is 2.26. The number of carbonyl (C=O) groups is 1. The van der Waals surface area contributed by atoms with E-state index < -0.39 is 12.0 Å². The normalized spacial score (nSPS) is 11.6. The number of nitriles is 1. The molecule has 0 spiro atoms. The van der Waals surface area contributed by atoms with Gasteiger partial charge in [-0.3, -0.25) is 0 Å². The van der Waals surface area contributed by atoms with Gasteiger partial charge >= 0.3 is 5.97 Å². The molecule has 1 atom stereocenters. The van der Waals surface area contributed by atoms with Crippen LogP contribution in [0, 0.1) is 18.3 Å². The molecule has 1 heterocycles. The van der Waals surface area contributed by atoms with Gasteiger partial charge in [-0.2, -0.15) is 5.26 Å². The fraction of sp³-hybridized carbons (Fsp3) is 0.143. The third-order valence-electron chi connectivity index (χ3n) is 2.73. The number of aryl methyl sites for hydroxylation is 1. The van der Waals surface area contributed by atoms with Crippen LogP contribution in [-0.2, 0) is 4.79 Å². The highest BCUT2D eigenvalue weighted by molar-refractivity contribution is 7.10. The van der Waals surface area contributed by atoms with Crippen LogP contribution < -0.4 is 5.32 Å². The molecular weight excluding hydrogens is 260 g/mol. The van der Waals surface area contributed by atoms with Crippen LogP contribution in [0.5, 0.6) is 0 Å². The van der Waals surface area contributed by atoms with Gasteiger partial charge in [-0.25, -0.2) is 4.79 Å². The SMILES string of the molecule is Cc1cc(NC(C(=O)O)c2cccs2)ccc1C#N. The molecule has 4 nitrogen and oxygen atoms in total. The fourth-order valence-corrected chi connectivity index (χ4v) is 2.52. The van der Waals surface area contributed by atoms with Crippen molar-refractivity contribution < 1.29 is 9.90 Å². The van der Waals surface area contributed by atoms with E-state index in [9.17, 15) is 9.90 Å². The van der Waals surface area contributed by atoms with E-state index in [0.717, 1.165) is 10.4 Å². The number of carboxylic acids is 1. The lowest BCUT2D eigenvalue weighted by Crippen LogP contribution is -2.19. The minimum Gasteiger partial charge on any atom is -0.479 e. The number of aliphatic carboxylic acids is 1. The quantitative estimate of drug-likeness (QED) is 0.896. The summed E-state index contributed by atoms with van der Waals surface area (Å²) in [6, 6.07) is 10.1. The van der Waals surface area contributed by atoms with E-state index in [1.807, 2.05) is 18.4 Å². The summed E-state index contributed by atoms with van der Waals surface area (Å²) in [6.07, 6.45) is 0. The highest BCUT2D eigenvalue weighted by Crippen LogP contribution is 2.25. The fourth-order valence-electron chi connectivity index (χ4n) is 1.76. The standard InChI is InChI=1S/C14H12N2O2S/c1-9-7-11(5-4-10(9)8-15)16-13(14(17)18)12-3-2-6-19-12/h2-7,13,16H,1H3,(H,17,18). The Kier molecular flexibility index (Phi) is 3.83. The summed E-state index contributed by atoms with van der Waals surface area (Å²) >= 11 is 1.39. The molecule has 0 aliphatic heterocycles. The van der Waals surface area contributed by atoms with Crippen LogP contribution in [0.3, 0.4) is 0 Å². The molecule has 0 fully saturated rings. The number of hydrogen-bond acceptors (Lipinski definition) is 4. The molecule has 5 heteroatoms. The van der Waals surface area contributed by atoms with Crippen molar-refractivity contribution >= 4 is 23.0 Å². The molecule has 0 saturated heterocycles. The molecule has 2 aromatic rings. The Hall–Kier alpha value is -2.32. The monoisotopic (exact) mass is 272 g/mol. The van der Waals surface area contributed by atoms with Gasteiger partial charge in [0.2, 0.25) is 0 Å². The number of nitrogens with one attached hydrogen (secondary N) is 1. The molecule has 1 aromatic heterocycles. The van der Waals surface area contributed by atoms with Crippen molar-refractivity contribution in [3.05, 3.63) is 51.7 Å². The summed E-state index contributed by atoms with van der Waals surface area (Å²) < 4.78 is 0. The largest absolute Gasteiger partial charge is 0.479 e. The second-order valence-electron chi connectivity index (χ2n) is 4.07. The van der Waals surface area contributed by atoms with Gasteiger partial charge in [0, 0.05) is 10.6 Å². The van der Waals surface area contributed by atoms with E-state index in [1.165, 1.54) is 11.3 Å². The molecule has 0 aliphatic rings. The molecule has 1 aromatic carbocycles. The van der Waals surface area contributed by atoms with Crippen LogP contribution in [0.15, 0.2) is 35.7 Å². The second-order valence-corrected chi connectivity index (χ2v) is 5.05. The van der Waals surface area contributed by atoms with Crippen molar-refractivity contribution in [1.82, 2.24) is 0 Å². The number of hydrogen-bond donors (Lipinski definition) is 2. The van der Waals surface area contributed by atoms with Gasteiger partial charge in [0.05, 0.1) is 11.6 Å². The highest BCUT2D eigenvalue weighted by Gasteiger charge is 2.20. The number of rotatable bonds is 4. The minimum absolute atomic E-state index is 0.591. The Bertz CT molecular complexity index is 629. The van der Waals surface area contributed by atoms with E-state index in [-0.39, 0.29) is 0 Å². The van der Waals surface area contributed by atoms with Gasteiger partial charge in [-0.15, -0.1) is 11.3 Å². The van der Waals surface area contributed by atoms with E-state index in [4.69, 9.17) is 5.26 Å². The van der Waals surface area contributed by atoms with Gasteiger partial charge in [0.15, 0.2) is 6.04 Å². The van der Waals surface area contributed by atoms with Crippen LogP contribution in [0.4, 0.5) is 5.69 Å². The molecule has 0 amide bonds. The molecule has 1 unspecified atom stereocenters. The maximum Gasteiger partial charge on any atom is 0.331 e. The molecular formula is C14H12N2O2S. The lowest BCUT2D eigenvalue weighted by Gasteiger charge is -2.15. The maximum absolute atomic E-state index is 11.3. The molecule has 2 rings (SSSR count). The van der Waals surface area contributed by atoms with Crippen molar-refractivity contribution in [3.8, 4) is 6.07 Å². The minimum atomic E-state index is -0.926. The summed E-state index contributed by atoms with van der Waals surface area (Å²) in [5.41, 5.74) is 2.11. The van der Waals surface area contributed by atoms with Gasteiger partial charge < -0.3 is 10.4 Å². The zero-order valence-corrected chi connectivity index (χ0v) is 11.1. The lowest BCUT2D eigenvalue weighted by molar-refractivity contribution is -0.138. The first-order valence-electron chi connectivity index (χ1n) is 5.65. The molecule has 0 aliphatic carbocycles. The Morgan fingerprint density at radius 1 is 1.47 bits per heavy atom. The summed E-state index contributed by atoms with van der Waals surface area (Å²) in [7, 11) is 0. The smallest absolute Gasteiger partial charge is 0.331 e. The third-order valence-corrected chi connectivity index (χ3v) is 3.67. The van der Waals surface area contributed by atoms with Crippen LogP contribution >= 0.6 is 11.3 Å². The molecule has 2 N–H and O–H groups in total. The Labute approximate surface area is 114 Å². The van der Waals surface area contributed by atoms with Crippen LogP contribution in [0.1, 0.15) is 22.0 Å². The summed E-state index contributed by atoms with van der Waals surface area (Å²) in [5, 5.41) is 23.0. The van der Waals surface area contributed by atoms with E-state index in [0.29, 0.717) is 11.3 Å². The third kappa shape index (κ3) is 2.92. The van der Waals surface area contributed by atoms with Gasteiger partial charge in [0.1, 0.15) is 0 Å². The molecule has 0 saturated carbocycles. The Morgan fingerprint density at radius 3 is 2.79 bits per heavy atom. The summed E-state index contributed by atoms with van der Waals surface area (Å²) in [6.45, 7) is 1.82. The highest BCUT2D eigenvalue weighted by atomic mass is 32.1. The molecule has 19 heavy (non-hydrogen) atoms. The van der Waals surface area contributed by atoms with Crippen molar-refractivity contribution in [2.75, 3.05) is 5.32 Å². The van der Waals surface area contributed by atoms with Crippen LogP contribution in [0.2, 0.25) is 0 Å². The first-order valence-corrected chi connectivity index (χ1v) is 6.53. The topological polar surface area (TPSA) is 73.1 Å². The Morgan fingerprint density at radius 2 is 2.26 bits per heavy atom. The van der Waals surface area contributed by atoms with Crippen molar-refractivity contribution in [1.29, 1.82) is 5.26 Å². The first kappa shape index (κ1) is 13.1. The lowest BCUT2D eigenvalue weighted by atomic mass is 10.1. The average Bonchev–Trinajstić information content (AvgIpc) is 2.89. The van der Waals surface area contributed by atoms with Crippen molar-refractivity contribution in [2.45, 2.75) is 13.0 Å². The van der Waals surface area contributed by atoms with E-state index in [1.54, 1.807) is 24.3 Å². The van der Waals surface area contributed by atoms with E-state index >= 15 is 0 Å². The van der Waals surface area contributed by atoms with Gasteiger partial charge in [-0.05, 0) is 42.1 Å². The summed E-state index contributed by atoms with van der Waals surface area (Å²) in [4.78, 5) is 12.0. The van der Waals surface area contributed by atoms with Crippen molar-refractivity contribution in [3.63, 3.8) is 0 Å². The van der Waals surface area contributed by atoms with E-state index in [2.05, 4.69) is 11.4 Å². The number of anilines is 1. The zero-order chi connectivity index (χ0) is 13.8. The predicted octanol–water partition coefficient (Wildman–Crippen LogP) is 3.17. The summed E-state index contributed by atoms with van der Waals surface area (Å²) in [5.74, 6) is -0.926. The van der Waals surface area contributed by atoms with Crippen LogP contribution in [0.25, 0.3) is 0 Å². The average molecular weight is 272 g/mol. The predicted molar refractivity (Wildman–Crippen MR) is 74.2 cm³/mol. The molecule has 96 valence electrons. The number of carboxylic acid groups (broad SMARTS) is 1. The van der Waals surface area contributed by atoms with Gasteiger partial charge in [0.25, 0.3) is 0 Å². The number of nitrogens with zero attached hydrogens (tertiary/aromatic N) is 1. The number of thiophene rings is 1. The zero-order valence-electron chi connectivity index (χ0n) is 10.3. The van der Waals surface area contributed by atoms with Crippen LogP contribution in [-0.4, -0.2) is 11.1 Å². The number of benzene rings is 1. The molecule has 0 radical (unpaired) electrons. The van der Waals surface area contributed by atoms with Gasteiger partial charge in [-0.1, -0.05) is 6.07 Å². The molecule has 0 bridgehead atoms. The maximum atomic E-state index is 11.3. The van der Waals surface area contributed by atoms with Crippen molar-refractivity contribution in [2.24, 2.45) is 0 Å².